The van der Waals surface area contributed by atoms with Gasteiger partial charge in [0.05, 0.1) is 6.42 Å². The molecular formula is C27H35N3O5. The lowest BCUT2D eigenvalue weighted by molar-refractivity contribution is -0.138. The Morgan fingerprint density at radius 1 is 0.971 bits per heavy atom. The Morgan fingerprint density at radius 2 is 1.54 bits per heavy atom. The van der Waals surface area contributed by atoms with Gasteiger partial charge in [-0.15, -0.1) is 0 Å². The number of hydrogen-bond acceptors (Lipinski definition) is 5. The van der Waals surface area contributed by atoms with Crippen LogP contribution in [0.15, 0.2) is 48.5 Å². The number of carboxylic acids is 1. The lowest BCUT2D eigenvalue weighted by Crippen LogP contribution is -2.52. The number of carbonyl (C=O) groups excluding carboxylic acids is 2. The number of nitrogens with one attached hydrogen (secondary N) is 2. The summed E-state index contributed by atoms with van der Waals surface area (Å²) >= 11 is 0. The van der Waals surface area contributed by atoms with Gasteiger partial charge in [-0.05, 0) is 55.2 Å². The molecule has 2 unspecified atom stereocenters. The van der Waals surface area contributed by atoms with Crippen LogP contribution in [0, 0.1) is 5.92 Å². The maximum absolute atomic E-state index is 13.0. The average Bonchev–Trinajstić information content (AvgIpc) is 3.13. The number of carbonyl (C=O) groups is 3. The third-order valence-electron chi connectivity index (χ3n) is 6.34. The van der Waals surface area contributed by atoms with E-state index in [1.165, 1.54) is 0 Å². The smallest absolute Gasteiger partial charge is 0.407 e. The van der Waals surface area contributed by atoms with E-state index in [1.54, 1.807) is 0 Å². The minimum absolute atomic E-state index is 0.0704. The van der Waals surface area contributed by atoms with Crippen LogP contribution >= 0.6 is 0 Å². The molecule has 0 aliphatic heterocycles. The minimum atomic E-state index is -0.988. The lowest BCUT2D eigenvalue weighted by Gasteiger charge is -2.25. The van der Waals surface area contributed by atoms with E-state index >= 15 is 0 Å². The molecule has 3 rings (SSSR count). The first-order valence-electron chi connectivity index (χ1n) is 12.0. The number of aliphatic carboxylic acids is 1. The standard InChI is InChI=1S/C27H35N3O5/c1-17(2)24(15-25(31)32)28-26(33)23(13-14-30(3)4)29-27(34)35-16-22-20-11-7-5-9-18(20)19-10-6-8-12-21(19)22/h5-12,17,22-24H,13-16H2,1-4H3,(H,28,33)(H,29,34)(H,31,32). The third kappa shape index (κ3) is 6.82. The van der Waals surface area contributed by atoms with Crippen molar-refractivity contribution in [1.82, 2.24) is 15.5 Å². The molecule has 2 aromatic carbocycles. The highest BCUT2D eigenvalue weighted by molar-refractivity contribution is 5.86. The fraction of sp³-hybridized carbons (Fsp3) is 0.444. The molecule has 1 aliphatic rings. The van der Waals surface area contributed by atoms with E-state index in [1.807, 2.05) is 69.2 Å². The lowest BCUT2D eigenvalue weighted by atomic mass is 9.98. The van der Waals surface area contributed by atoms with Crippen molar-refractivity contribution in [1.29, 1.82) is 0 Å². The van der Waals surface area contributed by atoms with Crippen LogP contribution in [0.3, 0.4) is 0 Å². The fourth-order valence-corrected chi connectivity index (χ4v) is 4.36. The molecule has 8 heteroatoms. The van der Waals surface area contributed by atoms with Crippen LogP contribution in [0.25, 0.3) is 11.1 Å². The van der Waals surface area contributed by atoms with Crippen molar-refractivity contribution in [3.63, 3.8) is 0 Å². The van der Waals surface area contributed by atoms with E-state index < -0.39 is 30.1 Å². The van der Waals surface area contributed by atoms with E-state index in [4.69, 9.17) is 4.74 Å². The summed E-state index contributed by atoms with van der Waals surface area (Å²) in [4.78, 5) is 38.9. The highest BCUT2D eigenvalue weighted by atomic mass is 16.5. The first-order valence-corrected chi connectivity index (χ1v) is 12.0. The van der Waals surface area contributed by atoms with Gasteiger partial charge in [-0.1, -0.05) is 62.4 Å². The molecule has 8 nitrogen and oxygen atoms in total. The molecule has 0 heterocycles. The number of amides is 2. The minimum Gasteiger partial charge on any atom is -0.481 e. The van der Waals surface area contributed by atoms with E-state index in [-0.39, 0.29) is 24.9 Å². The van der Waals surface area contributed by atoms with Gasteiger partial charge in [0.2, 0.25) is 5.91 Å². The molecule has 35 heavy (non-hydrogen) atoms. The predicted octanol–water partition coefficient (Wildman–Crippen LogP) is 3.46. The maximum Gasteiger partial charge on any atom is 0.407 e. The second-order valence-electron chi connectivity index (χ2n) is 9.57. The summed E-state index contributed by atoms with van der Waals surface area (Å²) in [5.74, 6) is -1.55. The molecule has 0 bridgehead atoms. The number of hydrogen-bond donors (Lipinski definition) is 3. The van der Waals surface area contributed by atoms with Crippen molar-refractivity contribution >= 4 is 18.0 Å². The zero-order valence-corrected chi connectivity index (χ0v) is 20.8. The van der Waals surface area contributed by atoms with Crippen LogP contribution < -0.4 is 10.6 Å². The monoisotopic (exact) mass is 481 g/mol. The van der Waals surface area contributed by atoms with Gasteiger partial charge in [0.1, 0.15) is 12.6 Å². The second-order valence-corrected chi connectivity index (χ2v) is 9.57. The molecule has 2 aromatic rings. The Labute approximate surface area is 206 Å². The number of fused-ring (bicyclic) bond motifs is 3. The molecule has 1 aliphatic carbocycles. The molecule has 0 spiro atoms. The predicted molar refractivity (Wildman–Crippen MR) is 134 cm³/mol. The summed E-state index contributed by atoms with van der Waals surface area (Å²) in [7, 11) is 3.76. The highest BCUT2D eigenvalue weighted by Gasteiger charge is 2.30. The second kappa shape index (κ2) is 11.8. The van der Waals surface area contributed by atoms with Crippen molar-refractivity contribution in [2.45, 2.75) is 44.7 Å². The van der Waals surface area contributed by atoms with Gasteiger partial charge in [-0.3, -0.25) is 9.59 Å². The van der Waals surface area contributed by atoms with E-state index in [2.05, 4.69) is 22.8 Å². The average molecular weight is 482 g/mol. The van der Waals surface area contributed by atoms with Crippen molar-refractivity contribution in [2.24, 2.45) is 5.92 Å². The molecule has 0 aromatic heterocycles. The van der Waals surface area contributed by atoms with Crippen LogP contribution in [-0.2, 0) is 14.3 Å². The zero-order valence-electron chi connectivity index (χ0n) is 20.8. The van der Waals surface area contributed by atoms with E-state index in [0.29, 0.717) is 13.0 Å². The van der Waals surface area contributed by atoms with Crippen LogP contribution in [0.1, 0.15) is 43.7 Å². The van der Waals surface area contributed by atoms with Gasteiger partial charge in [0.15, 0.2) is 0 Å². The Bertz CT molecular complexity index is 1010. The van der Waals surface area contributed by atoms with Crippen LogP contribution in [0.4, 0.5) is 4.79 Å². The van der Waals surface area contributed by atoms with Crippen molar-refractivity contribution in [3.05, 3.63) is 59.7 Å². The molecular weight excluding hydrogens is 446 g/mol. The summed E-state index contributed by atoms with van der Waals surface area (Å²) < 4.78 is 5.61. The first kappa shape index (κ1) is 26.2. The number of ether oxygens (including phenoxy) is 1. The zero-order chi connectivity index (χ0) is 25.5. The number of rotatable bonds is 11. The van der Waals surface area contributed by atoms with Gasteiger partial charge in [-0.25, -0.2) is 4.79 Å². The SMILES string of the molecule is CC(C)C(CC(=O)O)NC(=O)C(CCN(C)C)NC(=O)OCC1c2ccccc2-c2ccccc21. The van der Waals surface area contributed by atoms with Crippen molar-refractivity contribution < 1.29 is 24.2 Å². The number of benzene rings is 2. The molecule has 188 valence electrons. The summed E-state index contributed by atoms with van der Waals surface area (Å²) in [6, 6.07) is 14.8. The normalized spacial score (nSPS) is 14.2. The molecule has 2 atom stereocenters. The van der Waals surface area contributed by atoms with E-state index in [0.717, 1.165) is 22.3 Å². The molecule has 0 saturated carbocycles. The molecule has 3 N–H and O–H groups in total. The number of carboxylic acid groups (broad SMARTS) is 1. The third-order valence-corrected chi connectivity index (χ3v) is 6.34. The van der Waals surface area contributed by atoms with Gasteiger partial charge in [0.25, 0.3) is 0 Å². The summed E-state index contributed by atoms with van der Waals surface area (Å²) in [6.07, 6.45) is -0.500. The van der Waals surface area contributed by atoms with Crippen LogP contribution in [0.5, 0.6) is 0 Å². The topological polar surface area (TPSA) is 108 Å². The molecule has 0 fully saturated rings. The van der Waals surface area contributed by atoms with Crippen molar-refractivity contribution in [2.75, 3.05) is 27.2 Å². The summed E-state index contributed by atoms with van der Waals surface area (Å²) in [5, 5.41) is 14.7. The Balaban J connectivity index is 1.67. The maximum atomic E-state index is 13.0. The van der Waals surface area contributed by atoms with Gasteiger partial charge >= 0.3 is 12.1 Å². The van der Waals surface area contributed by atoms with Crippen LogP contribution in [-0.4, -0.2) is 67.3 Å². The number of nitrogens with zero attached hydrogens (tertiary/aromatic N) is 1. The highest BCUT2D eigenvalue weighted by Crippen LogP contribution is 2.44. The molecule has 0 radical (unpaired) electrons. The Morgan fingerprint density at radius 3 is 2.06 bits per heavy atom. The number of alkyl carbamates (subject to hydrolysis) is 1. The van der Waals surface area contributed by atoms with Gasteiger partial charge < -0.3 is 25.4 Å². The summed E-state index contributed by atoms with van der Waals surface area (Å²) in [6.45, 7) is 4.41. The van der Waals surface area contributed by atoms with E-state index in [9.17, 15) is 19.5 Å². The first-order chi connectivity index (χ1) is 16.7. The van der Waals surface area contributed by atoms with Crippen LogP contribution in [0.2, 0.25) is 0 Å². The summed E-state index contributed by atoms with van der Waals surface area (Å²) in [5.41, 5.74) is 4.49. The van der Waals surface area contributed by atoms with Gasteiger partial charge in [-0.2, -0.15) is 0 Å². The molecule has 0 saturated heterocycles. The fourth-order valence-electron chi connectivity index (χ4n) is 4.36. The quantitative estimate of drug-likeness (QED) is 0.454. The Kier molecular flexibility index (Phi) is 8.87. The largest absolute Gasteiger partial charge is 0.481 e. The Hall–Kier alpha value is -3.39. The van der Waals surface area contributed by atoms with Gasteiger partial charge in [0, 0.05) is 12.0 Å². The van der Waals surface area contributed by atoms with Crippen molar-refractivity contribution in [3.8, 4) is 11.1 Å². The molecule has 2 amide bonds.